The van der Waals surface area contributed by atoms with Gasteiger partial charge in [0.25, 0.3) is 5.91 Å². The lowest BCUT2D eigenvalue weighted by atomic mass is 10.1. The molecule has 8 heteroatoms. The van der Waals surface area contributed by atoms with Gasteiger partial charge in [-0.15, -0.1) is 0 Å². The number of carbonyl (C=O) groups excluding carboxylic acids is 1. The number of nitrogens with one attached hydrogen (secondary N) is 3. The van der Waals surface area contributed by atoms with E-state index in [1.54, 1.807) is 38.4 Å². The predicted molar refractivity (Wildman–Crippen MR) is 136 cm³/mol. The number of benzene rings is 2. The first-order chi connectivity index (χ1) is 16.6. The highest BCUT2D eigenvalue weighted by Gasteiger charge is 2.15. The number of methoxy groups -OCH3 is 1. The summed E-state index contributed by atoms with van der Waals surface area (Å²) < 4.78 is 5.65. The third kappa shape index (κ3) is 5.04. The highest BCUT2D eigenvalue weighted by atomic mass is 16.5. The number of rotatable bonds is 7. The van der Waals surface area contributed by atoms with Gasteiger partial charge in [-0.2, -0.15) is 0 Å². The molecular formula is C26H28N6O2. The van der Waals surface area contributed by atoms with Crippen molar-refractivity contribution in [2.45, 2.75) is 19.3 Å². The number of amides is 1. The number of hydrogen-bond acceptors (Lipinski definition) is 6. The second kappa shape index (κ2) is 10.6. The van der Waals surface area contributed by atoms with Gasteiger partial charge in [-0.3, -0.25) is 9.78 Å². The maximum absolute atomic E-state index is 12.2. The fourth-order valence-electron chi connectivity index (χ4n) is 4.05. The number of aromatic nitrogens is 1. The lowest BCUT2D eigenvalue weighted by Gasteiger charge is -2.29. The summed E-state index contributed by atoms with van der Waals surface area (Å²) in [5.41, 5.74) is 3.92. The first-order valence-electron chi connectivity index (χ1n) is 11.3. The summed E-state index contributed by atoms with van der Waals surface area (Å²) >= 11 is 0. The Morgan fingerprint density at radius 1 is 1.03 bits per heavy atom. The summed E-state index contributed by atoms with van der Waals surface area (Å²) in [5.74, 6) is 1.06. The molecule has 1 aliphatic rings. The zero-order valence-corrected chi connectivity index (χ0v) is 19.4. The van der Waals surface area contributed by atoms with Crippen molar-refractivity contribution in [2.75, 3.05) is 42.8 Å². The normalized spacial score (nSPS) is 13.0. The van der Waals surface area contributed by atoms with Crippen LogP contribution >= 0.6 is 0 Å². The van der Waals surface area contributed by atoms with Crippen molar-refractivity contribution in [2.24, 2.45) is 0 Å². The van der Waals surface area contributed by atoms with E-state index in [1.807, 2.05) is 18.2 Å². The highest BCUT2D eigenvalue weighted by molar-refractivity contribution is 6.00. The van der Waals surface area contributed by atoms with Crippen molar-refractivity contribution in [3.05, 3.63) is 71.7 Å². The summed E-state index contributed by atoms with van der Waals surface area (Å²) in [5, 5.41) is 9.16. The van der Waals surface area contributed by atoms with Crippen molar-refractivity contribution in [1.29, 1.82) is 0 Å². The van der Waals surface area contributed by atoms with Gasteiger partial charge < -0.3 is 25.6 Å². The molecule has 3 N–H and O–H groups in total. The number of para-hydroxylation sites is 1. The van der Waals surface area contributed by atoms with Crippen LogP contribution in [0.25, 0.3) is 4.85 Å². The molecule has 0 radical (unpaired) electrons. The van der Waals surface area contributed by atoms with Gasteiger partial charge in [0.05, 0.1) is 30.6 Å². The Hall–Kier alpha value is -4.25. The Morgan fingerprint density at radius 3 is 2.56 bits per heavy atom. The van der Waals surface area contributed by atoms with Crippen molar-refractivity contribution in [3.8, 4) is 5.75 Å². The molecule has 174 valence electrons. The molecule has 0 spiro atoms. The molecule has 1 amide bonds. The molecular weight excluding hydrogens is 428 g/mol. The van der Waals surface area contributed by atoms with E-state index in [0.29, 0.717) is 28.4 Å². The number of carbonyl (C=O) groups is 1. The van der Waals surface area contributed by atoms with E-state index in [9.17, 15) is 4.79 Å². The van der Waals surface area contributed by atoms with Gasteiger partial charge >= 0.3 is 0 Å². The molecule has 2 aromatic carbocycles. The van der Waals surface area contributed by atoms with Crippen LogP contribution in [0.4, 0.5) is 34.3 Å². The van der Waals surface area contributed by atoms with Gasteiger partial charge in [0, 0.05) is 43.8 Å². The summed E-state index contributed by atoms with van der Waals surface area (Å²) in [4.78, 5) is 22.6. The molecule has 0 unspecified atom stereocenters. The van der Waals surface area contributed by atoms with Gasteiger partial charge in [0.2, 0.25) is 5.69 Å². The second-order valence-corrected chi connectivity index (χ2v) is 8.01. The average molecular weight is 457 g/mol. The Balaban J connectivity index is 1.60. The third-order valence-corrected chi connectivity index (χ3v) is 5.84. The van der Waals surface area contributed by atoms with Crippen LogP contribution in [0.15, 0.2) is 54.7 Å². The quantitative estimate of drug-likeness (QED) is 0.409. The average Bonchev–Trinajstić information content (AvgIpc) is 2.89. The van der Waals surface area contributed by atoms with E-state index in [-0.39, 0.29) is 5.91 Å². The first kappa shape index (κ1) is 22.9. The van der Waals surface area contributed by atoms with E-state index in [0.717, 1.165) is 30.2 Å². The maximum atomic E-state index is 12.2. The molecule has 34 heavy (non-hydrogen) atoms. The van der Waals surface area contributed by atoms with Crippen LogP contribution in [-0.2, 0) is 0 Å². The molecule has 2 heterocycles. The monoisotopic (exact) mass is 456 g/mol. The standard InChI is InChI=1S/C26H28N6O2/c1-27-23-17-29-25(16-22(23)30-20-10-6-5-9-19(20)26(33)28-2)31-21-12-11-18(15-24(21)34-3)32-13-7-4-8-14-32/h5-6,9-12,15-17H,4,7-8,13-14H2,2-3H3,(H,28,33)(H2,29,30,31). The lowest BCUT2D eigenvalue weighted by molar-refractivity contribution is 0.0964. The van der Waals surface area contributed by atoms with E-state index in [2.05, 4.69) is 36.7 Å². The van der Waals surface area contributed by atoms with Crippen molar-refractivity contribution >= 4 is 40.2 Å². The molecule has 1 aliphatic heterocycles. The van der Waals surface area contributed by atoms with Crippen LogP contribution in [0.3, 0.4) is 0 Å². The summed E-state index contributed by atoms with van der Waals surface area (Å²) in [6.07, 6.45) is 5.20. The van der Waals surface area contributed by atoms with Crippen LogP contribution in [0.2, 0.25) is 0 Å². The molecule has 1 saturated heterocycles. The Kier molecular flexibility index (Phi) is 7.13. The van der Waals surface area contributed by atoms with Gasteiger partial charge in [0.1, 0.15) is 11.6 Å². The molecule has 1 fully saturated rings. The third-order valence-electron chi connectivity index (χ3n) is 5.84. The molecule has 0 saturated carbocycles. The summed E-state index contributed by atoms with van der Waals surface area (Å²) in [6, 6.07) is 15.0. The van der Waals surface area contributed by atoms with Crippen molar-refractivity contribution < 1.29 is 9.53 Å². The smallest absolute Gasteiger partial charge is 0.253 e. The minimum Gasteiger partial charge on any atom is -0.494 e. The van der Waals surface area contributed by atoms with E-state index >= 15 is 0 Å². The zero-order chi connectivity index (χ0) is 23.9. The molecule has 0 atom stereocenters. The topological polar surface area (TPSA) is 82.9 Å². The number of ether oxygens (including phenoxy) is 1. The number of piperidine rings is 1. The summed E-state index contributed by atoms with van der Waals surface area (Å²) in [7, 11) is 3.24. The first-order valence-corrected chi connectivity index (χ1v) is 11.3. The number of anilines is 5. The van der Waals surface area contributed by atoms with E-state index < -0.39 is 0 Å². The number of hydrogen-bond donors (Lipinski definition) is 3. The van der Waals surface area contributed by atoms with Crippen molar-refractivity contribution in [1.82, 2.24) is 10.3 Å². The number of pyridine rings is 1. The predicted octanol–water partition coefficient (Wildman–Crippen LogP) is 5.48. The molecule has 4 rings (SSSR count). The Bertz CT molecular complexity index is 1210. The van der Waals surface area contributed by atoms with Crippen molar-refractivity contribution in [3.63, 3.8) is 0 Å². The van der Waals surface area contributed by atoms with Gasteiger partial charge in [-0.25, -0.2) is 4.85 Å². The molecule has 0 bridgehead atoms. The SMILES string of the molecule is [C-]#[N+]c1cnc(Nc2ccc(N3CCCCC3)cc2OC)cc1Nc1ccccc1C(=O)NC. The van der Waals surface area contributed by atoms with Crippen LogP contribution in [0, 0.1) is 6.57 Å². The zero-order valence-electron chi connectivity index (χ0n) is 19.4. The fraction of sp³-hybridized carbons (Fsp3) is 0.269. The van der Waals surface area contributed by atoms with Gasteiger partial charge in [0.15, 0.2) is 0 Å². The van der Waals surface area contributed by atoms with Crippen LogP contribution < -0.4 is 25.6 Å². The summed E-state index contributed by atoms with van der Waals surface area (Å²) in [6.45, 7) is 9.64. The Labute approximate surface area is 199 Å². The lowest BCUT2D eigenvalue weighted by Crippen LogP contribution is -2.29. The van der Waals surface area contributed by atoms with Crippen LogP contribution in [0.1, 0.15) is 29.6 Å². The molecule has 0 aliphatic carbocycles. The van der Waals surface area contributed by atoms with Gasteiger partial charge in [-0.05, 0) is 49.6 Å². The fourth-order valence-corrected chi connectivity index (χ4v) is 4.05. The second-order valence-electron chi connectivity index (χ2n) is 8.01. The maximum Gasteiger partial charge on any atom is 0.253 e. The minimum atomic E-state index is -0.210. The van der Waals surface area contributed by atoms with Gasteiger partial charge in [-0.1, -0.05) is 12.1 Å². The molecule has 1 aromatic heterocycles. The van der Waals surface area contributed by atoms with Crippen LogP contribution in [-0.4, -0.2) is 38.1 Å². The molecule has 3 aromatic rings. The highest BCUT2D eigenvalue weighted by Crippen LogP contribution is 2.35. The largest absolute Gasteiger partial charge is 0.494 e. The van der Waals surface area contributed by atoms with E-state index in [4.69, 9.17) is 11.3 Å². The Morgan fingerprint density at radius 2 is 1.82 bits per heavy atom. The minimum absolute atomic E-state index is 0.210. The van der Waals surface area contributed by atoms with Crippen LogP contribution in [0.5, 0.6) is 5.75 Å². The number of nitrogens with zero attached hydrogens (tertiary/aromatic N) is 3. The molecule has 8 nitrogen and oxygen atoms in total. The van der Waals surface area contributed by atoms with E-state index in [1.165, 1.54) is 25.5 Å².